The van der Waals surface area contributed by atoms with Crippen molar-refractivity contribution in [1.29, 1.82) is 0 Å². The summed E-state index contributed by atoms with van der Waals surface area (Å²) in [4.78, 5) is 16.4. The molecular formula is C23H36IN5S. The van der Waals surface area contributed by atoms with Crippen LogP contribution in [0.15, 0.2) is 23.5 Å². The minimum absolute atomic E-state index is 0. The third kappa shape index (κ3) is 4.53. The lowest BCUT2D eigenvalue weighted by Crippen LogP contribution is -3.00. The molecule has 5 fully saturated rings. The topological polar surface area (TPSA) is 41.4 Å². The third-order valence-corrected chi connectivity index (χ3v) is 9.18. The maximum absolute atomic E-state index is 5.27. The van der Waals surface area contributed by atoms with Crippen molar-refractivity contribution in [2.75, 3.05) is 57.5 Å². The Morgan fingerprint density at radius 3 is 2.20 bits per heavy atom. The highest BCUT2D eigenvalue weighted by molar-refractivity contribution is 8.13. The molecule has 0 radical (unpaired) electrons. The number of anilines is 1. The Hall–Kier alpha value is -0.410. The number of nitrogens with zero attached hydrogens (tertiary/aromatic N) is 5. The van der Waals surface area contributed by atoms with Gasteiger partial charge >= 0.3 is 0 Å². The van der Waals surface area contributed by atoms with Crippen molar-refractivity contribution in [3.05, 3.63) is 18.5 Å². The average molecular weight is 542 g/mol. The molecular weight excluding hydrogens is 505 g/mol. The van der Waals surface area contributed by atoms with E-state index in [9.17, 15) is 0 Å². The van der Waals surface area contributed by atoms with E-state index in [4.69, 9.17) is 4.99 Å². The maximum Gasteiger partial charge on any atom is 0.225 e. The molecule has 7 heteroatoms. The van der Waals surface area contributed by atoms with Crippen LogP contribution in [0.25, 0.3) is 0 Å². The molecule has 166 valence electrons. The van der Waals surface area contributed by atoms with Gasteiger partial charge in [-0.25, -0.2) is 9.97 Å². The highest BCUT2D eigenvalue weighted by atomic mass is 127. The summed E-state index contributed by atoms with van der Waals surface area (Å²) in [7, 11) is 2.40. The zero-order chi connectivity index (χ0) is 19.9. The molecule has 1 aromatic heterocycles. The van der Waals surface area contributed by atoms with Crippen molar-refractivity contribution < 1.29 is 28.5 Å². The molecule has 4 aliphatic carbocycles. The van der Waals surface area contributed by atoms with Gasteiger partial charge in [-0.15, -0.1) is 11.8 Å². The van der Waals surface area contributed by atoms with Crippen LogP contribution >= 0.6 is 11.8 Å². The summed E-state index contributed by atoms with van der Waals surface area (Å²) >= 11 is 1.96. The number of thioether (sulfide) groups is 1. The second-order valence-corrected chi connectivity index (χ2v) is 11.2. The van der Waals surface area contributed by atoms with Crippen LogP contribution in [0.3, 0.4) is 0 Å². The molecule has 4 saturated carbocycles. The summed E-state index contributed by atoms with van der Waals surface area (Å²) in [6.07, 6.45) is 14.8. The molecule has 6 rings (SSSR count). The van der Waals surface area contributed by atoms with Gasteiger partial charge in [0.25, 0.3) is 0 Å². The van der Waals surface area contributed by atoms with Crippen LogP contribution in [-0.4, -0.2) is 72.1 Å². The van der Waals surface area contributed by atoms with Crippen LogP contribution in [0.4, 0.5) is 5.95 Å². The smallest absolute Gasteiger partial charge is 0.225 e. The van der Waals surface area contributed by atoms with Crippen LogP contribution in [0.2, 0.25) is 0 Å². The summed E-state index contributed by atoms with van der Waals surface area (Å²) in [5, 5.41) is 1.50. The molecule has 0 atom stereocenters. The minimum atomic E-state index is 0. The van der Waals surface area contributed by atoms with E-state index < -0.39 is 0 Å². The molecule has 5 nitrogen and oxygen atoms in total. The van der Waals surface area contributed by atoms with Crippen LogP contribution < -0.4 is 28.9 Å². The first kappa shape index (κ1) is 22.8. The van der Waals surface area contributed by atoms with Gasteiger partial charge in [-0.05, 0) is 68.6 Å². The van der Waals surface area contributed by atoms with Gasteiger partial charge < -0.3 is 33.4 Å². The first-order chi connectivity index (χ1) is 14.1. The van der Waals surface area contributed by atoms with Crippen molar-refractivity contribution in [3.63, 3.8) is 0 Å². The lowest BCUT2D eigenvalue weighted by atomic mass is 9.50. The maximum atomic E-state index is 5.27. The Morgan fingerprint density at radius 1 is 1.10 bits per heavy atom. The summed E-state index contributed by atoms with van der Waals surface area (Å²) in [6, 6.07) is 1.89. The van der Waals surface area contributed by atoms with Gasteiger partial charge in [-0.3, -0.25) is 4.99 Å². The molecule has 4 bridgehead atoms. The normalized spacial score (nSPS) is 34.7. The van der Waals surface area contributed by atoms with Crippen molar-refractivity contribution in [1.82, 2.24) is 9.97 Å². The summed E-state index contributed by atoms with van der Waals surface area (Å²) in [5.41, 5.74) is 0.454. The van der Waals surface area contributed by atoms with E-state index in [1.165, 1.54) is 43.6 Å². The van der Waals surface area contributed by atoms with Gasteiger partial charge in [-0.2, -0.15) is 0 Å². The highest BCUT2D eigenvalue weighted by Gasteiger charge is 2.53. The van der Waals surface area contributed by atoms with Crippen molar-refractivity contribution in [2.45, 2.75) is 38.5 Å². The van der Waals surface area contributed by atoms with Crippen molar-refractivity contribution >= 4 is 22.8 Å². The Balaban J connectivity index is 0.00000218. The molecule has 30 heavy (non-hydrogen) atoms. The van der Waals surface area contributed by atoms with Gasteiger partial charge in [0.05, 0.1) is 51.4 Å². The van der Waals surface area contributed by atoms with Gasteiger partial charge in [0, 0.05) is 17.8 Å². The van der Waals surface area contributed by atoms with Crippen molar-refractivity contribution in [2.24, 2.45) is 28.2 Å². The summed E-state index contributed by atoms with van der Waals surface area (Å²) < 4.78 is 1.12. The lowest BCUT2D eigenvalue weighted by molar-refractivity contribution is -0.908. The van der Waals surface area contributed by atoms with E-state index in [0.717, 1.165) is 67.5 Å². The van der Waals surface area contributed by atoms with E-state index in [-0.39, 0.29) is 24.0 Å². The Morgan fingerprint density at radius 2 is 1.67 bits per heavy atom. The standard InChI is InChI=1S/C23H36N5S.HI/c1-28(10-7-27(8-11-28)22-25-4-3-5-26-22)9-6-24-21(29-2)23-15-18-12-19(16-23)14-20(13-18)17-23;/h3-5,18-20H,6-17H2,1-2H3;1H/q+1;/p-1. The predicted molar refractivity (Wildman–Crippen MR) is 121 cm³/mol. The molecule has 1 aromatic rings. The number of quaternary nitrogens is 1. The first-order valence-corrected chi connectivity index (χ1v) is 12.7. The number of likely N-dealkylation sites (N-methyl/N-ethyl adjacent to an activating group) is 1. The third-order valence-electron chi connectivity index (χ3n) is 8.23. The molecule has 0 amide bonds. The van der Waals surface area contributed by atoms with E-state index in [0.29, 0.717) is 5.41 Å². The fourth-order valence-electron chi connectivity index (χ4n) is 7.04. The fourth-order valence-corrected chi connectivity index (χ4v) is 7.94. The molecule has 0 N–H and O–H groups in total. The van der Waals surface area contributed by atoms with Gasteiger partial charge in [-0.1, -0.05) is 0 Å². The number of aromatic nitrogens is 2. The molecule has 0 unspecified atom stereocenters. The molecule has 2 heterocycles. The number of hydrogen-bond donors (Lipinski definition) is 0. The zero-order valence-corrected chi connectivity index (χ0v) is 21.4. The Kier molecular flexibility index (Phi) is 7.00. The fraction of sp³-hybridized carbons (Fsp3) is 0.783. The van der Waals surface area contributed by atoms with E-state index >= 15 is 0 Å². The molecule has 5 aliphatic rings. The molecule has 0 spiro atoms. The number of piperazine rings is 1. The predicted octanol–water partition coefficient (Wildman–Crippen LogP) is 0.725. The summed E-state index contributed by atoms with van der Waals surface area (Å²) in [6.45, 7) is 6.51. The van der Waals surface area contributed by atoms with Gasteiger partial charge in [0.15, 0.2) is 0 Å². The van der Waals surface area contributed by atoms with Gasteiger partial charge in [0.1, 0.15) is 0 Å². The summed E-state index contributed by atoms with van der Waals surface area (Å²) in [5.74, 6) is 3.87. The number of aliphatic imine (C=N–C) groups is 1. The van der Waals surface area contributed by atoms with Crippen LogP contribution in [-0.2, 0) is 0 Å². The number of hydrogen-bond acceptors (Lipinski definition) is 5. The first-order valence-electron chi connectivity index (χ1n) is 11.5. The monoisotopic (exact) mass is 541 g/mol. The quantitative estimate of drug-likeness (QED) is 0.239. The second kappa shape index (κ2) is 9.22. The van der Waals surface area contributed by atoms with E-state index in [1.807, 2.05) is 30.2 Å². The lowest BCUT2D eigenvalue weighted by Gasteiger charge is -2.56. The molecule has 1 saturated heterocycles. The van der Waals surface area contributed by atoms with Crippen LogP contribution in [0.1, 0.15) is 38.5 Å². The van der Waals surface area contributed by atoms with Gasteiger partial charge in [0.2, 0.25) is 5.95 Å². The Labute approximate surface area is 203 Å². The Bertz CT molecular complexity index is 712. The number of rotatable bonds is 5. The number of halogens is 1. The average Bonchev–Trinajstić information content (AvgIpc) is 2.71. The van der Waals surface area contributed by atoms with E-state index in [2.05, 4.69) is 28.2 Å². The largest absolute Gasteiger partial charge is 1.00 e. The van der Waals surface area contributed by atoms with Crippen LogP contribution in [0, 0.1) is 23.2 Å². The van der Waals surface area contributed by atoms with Crippen molar-refractivity contribution in [3.8, 4) is 0 Å². The minimum Gasteiger partial charge on any atom is -1.00 e. The molecule has 1 aliphatic heterocycles. The zero-order valence-electron chi connectivity index (χ0n) is 18.5. The SMILES string of the molecule is CSC(=NCC[N+]1(C)CCN(c2ncccn2)CC1)C12CC3CC(CC(C3)C1)C2.[I-]. The second-order valence-electron chi connectivity index (χ2n) is 10.4. The highest BCUT2D eigenvalue weighted by Crippen LogP contribution is 2.61. The van der Waals surface area contributed by atoms with E-state index in [1.54, 1.807) is 0 Å². The molecule has 0 aromatic carbocycles. The van der Waals surface area contributed by atoms with Crippen LogP contribution in [0.5, 0.6) is 0 Å².